The zero-order valence-corrected chi connectivity index (χ0v) is 23.0. The van der Waals surface area contributed by atoms with Crippen LogP contribution in [0.2, 0.25) is 0 Å². The average molecular weight is 467 g/mol. The minimum atomic E-state index is -0.561. The van der Waals surface area contributed by atoms with Gasteiger partial charge in [-0.05, 0) is 12.8 Å². The second-order valence-corrected chi connectivity index (χ2v) is 10.7. The second kappa shape index (κ2) is 27.7. The molecule has 0 fully saturated rings. The van der Waals surface area contributed by atoms with E-state index in [1.165, 1.54) is 148 Å². The molecule has 1 unspecified atom stereocenters. The fraction of sp³-hybridized carbons (Fsp3) is 0.968. The van der Waals surface area contributed by atoms with Crippen LogP contribution in [0.5, 0.6) is 0 Å². The lowest BCUT2D eigenvalue weighted by Crippen LogP contribution is -2.13. The van der Waals surface area contributed by atoms with Crippen LogP contribution in [0.15, 0.2) is 0 Å². The van der Waals surface area contributed by atoms with Gasteiger partial charge in [0.25, 0.3) is 0 Å². The van der Waals surface area contributed by atoms with Crippen molar-refractivity contribution in [3.05, 3.63) is 0 Å². The Hall–Kier alpha value is -0.530. The number of hydrogen-bond acceptors (Lipinski definition) is 1. The van der Waals surface area contributed by atoms with E-state index in [4.69, 9.17) is 0 Å². The first-order valence-corrected chi connectivity index (χ1v) is 15.4. The summed E-state index contributed by atoms with van der Waals surface area (Å²) in [5.74, 6) is -0.657. The van der Waals surface area contributed by atoms with Crippen LogP contribution in [0.3, 0.4) is 0 Å². The second-order valence-electron chi connectivity index (χ2n) is 10.7. The topological polar surface area (TPSA) is 37.3 Å². The molecule has 198 valence electrons. The third kappa shape index (κ3) is 25.9. The molecule has 0 bridgehead atoms. The number of hydrogen-bond donors (Lipinski definition) is 1. The van der Waals surface area contributed by atoms with Crippen molar-refractivity contribution < 1.29 is 9.90 Å². The van der Waals surface area contributed by atoms with Crippen molar-refractivity contribution in [2.24, 2.45) is 5.92 Å². The Bertz CT molecular complexity index is 379. The predicted molar refractivity (Wildman–Crippen MR) is 147 cm³/mol. The van der Waals surface area contributed by atoms with Gasteiger partial charge in [0.2, 0.25) is 0 Å². The van der Waals surface area contributed by atoms with Crippen LogP contribution in [0.25, 0.3) is 0 Å². The predicted octanol–water partition coefficient (Wildman–Crippen LogP) is 11.3. The van der Waals surface area contributed by atoms with Crippen molar-refractivity contribution in [1.82, 2.24) is 0 Å². The van der Waals surface area contributed by atoms with E-state index >= 15 is 0 Å². The summed E-state index contributed by atoms with van der Waals surface area (Å²) >= 11 is 0. The van der Waals surface area contributed by atoms with Crippen LogP contribution >= 0.6 is 0 Å². The Morgan fingerprint density at radius 2 is 0.636 bits per heavy atom. The molecule has 33 heavy (non-hydrogen) atoms. The molecule has 0 aromatic heterocycles. The Balaban J connectivity index is 3.36. The molecule has 2 heteroatoms. The largest absolute Gasteiger partial charge is 0.481 e. The van der Waals surface area contributed by atoms with Gasteiger partial charge >= 0.3 is 5.97 Å². The molecule has 0 aliphatic carbocycles. The number of carboxylic acid groups (broad SMARTS) is 1. The van der Waals surface area contributed by atoms with Crippen molar-refractivity contribution in [3.8, 4) is 0 Å². The van der Waals surface area contributed by atoms with Gasteiger partial charge in [-0.2, -0.15) is 0 Å². The summed E-state index contributed by atoms with van der Waals surface area (Å²) in [6, 6.07) is 0. The van der Waals surface area contributed by atoms with Crippen molar-refractivity contribution in [1.29, 1.82) is 0 Å². The minimum absolute atomic E-state index is 0.0959. The van der Waals surface area contributed by atoms with E-state index in [9.17, 15) is 9.90 Å². The van der Waals surface area contributed by atoms with Crippen molar-refractivity contribution in [2.75, 3.05) is 0 Å². The lowest BCUT2D eigenvalue weighted by atomic mass is 9.94. The number of aliphatic carboxylic acids is 1. The molecule has 0 saturated heterocycles. The van der Waals surface area contributed by atoms with Crippen LogP contribution in [-0.2, 0) is 4.79 Å². The molecule has 1 N–H and O–H groups in total. The van der Waals surface area contributed by atoms with Crippen LogP contribution in [0, 0.1) is 5.92 Å². The molecule has 1 atom stereocenters. The molecule has 0 spiro atoms. The van der Waals surface area contributed by atoms with Crippen LogP contribution in [0.4, 0.5) is 0 Å². The highest BCUT2D eigenvalue weighted by atomic mass is 16.4. The van der Waals surface area contributed by atoms with Gasteiger partial charge in [-0.3, -0.25) is 4.79 Å². The molecular weight excluding hydrogens is 404 g/mol. The lowest BCUT2D eigenvalue weighted by Gasteiger charge is -2.12. The Morgan fingerprint density at radius 1 is 0.424 bits per heavy atom. The summed E-state index contributed by atoms with van der Waals surface area (Å²) in [6.45, 7) is 4.54. The summed E-state index contributed by atoms with van der Waals surface area (Å²) in [6.07, 6.45) is 35.6. The first kappa shape index (κ1) is 32.5. The fourth-order valence-corrected chi connectivity index (χ4v) is 5.03. The zero-order chi connectivity index (χ0) is 24.2. The first-order chi connectivity index (χ1) is 16.2. The standard InChI is InChI=1S/C31H62O2/c1-3-5-7-9-11-13-14-15-16-17-18-19-20-21-23-25-27-29-30(31(32)33)28-26-24-22-12-10-8-6-4-2/h30H,3-29H2,1-2H3,(H,32,33). The SMILES string of the molecule is CCCCCCCCCCCCCCCCCCCC(CCCCCCCCCC)C(=O)O. The van der Waals surface area contributed by atoms with Gasteiger partial charge < -0.3 is 5.11 Å². The maximum atomic E-state index is 11.5. The summed E-state index contributed by atoms with van der Waals surface area (Å²) in [5.41, 5.74) is 0. The Kier molecular flexibility index (Phi) is 27.3. The Labute approximate surface area is 209 Å². The highest BCUT2D eigenvalue weighted by molar-refractivity contribution is 5.69. The number of unbranched alkanes of at least 4 members (excludes halogenated alkanes) is 23. The van der Waals surface area contributed by atoms with Gasteiger partial charge in [-0.1, -0.05) is 174 Å². The number of carboxylic acids is 1. The average Bonchev–Trinajstić information content (AvgIpc) is 2.81. The summed E-state index contributed by atoms with van der Waals surface area (Å²) in [7, 11) is 0. The van der Waals surface area contributed by atoms with E-state index in [-0.39, 0.29) is 5.92 Å². The minimum Gasteiger partial charge on any atom is -0.481 e. The zero-order valence-electron chi connectivity index (χ0n) is 23.0. The van der Waals surface area contributed by atoms with Gasteiger partial charge in [0.15, 0.2) is 0 Å². The van der Waals surface area contributed by atoms with E-state index < -0.39 is 5.97 Å². The maximum absolute atomic E-state index is 11.5. The van der Waals surface area contributed by atoms with E-state index in [0.717, 1.165) is 25.7 Å². The van der Waals surface area contributed by atoms with Crippen LogP contribution in [0.1, 0.15) is 187 Å². The van der Waals surface area contributed by atoms with Gasteiger partial charge in [-0.15, -0.1) is 0 Å². The quantitative estimate of drug-likeness (QED) is 0.116. The Morgan fingerprint density at radius 3 is 0.848 bits per heavy atom. The van der Waals surface area contributed by atoms with Crippen molar-refractivity contribution in [2.45, 2.75) is 187 Å². The van der Waals surface area contributed by atoms with Gasteiger partial charge in [0, 0.05) is 0 Å². The maximum Gasteiger partial charge on any atom is 0.306 e. The number of carbonyl (C=O) groups is 1. The molecular formula is C31H62O2. The molecule has 0 rings (SSSR count). The molecule has 0 aromatic rings. The van der Waals surface area contributed by atoms with Crippen molar-refractivity contribution >= 4 is 5.97 Å². The molecule has 0 heterocycles. The third-order valence-electron chi connectivity index (χ3n) is 7.41. The van der Waals surface area contributed by atoms with Gasteiger partial charge in [0.05, 0.1) is 5.92 Å². The molecule has 0 saturated carbocycles. The summed E-state index contributed by atoms with van der Waals surface area (Å²) < 4.78 is 0. The third-order valence-corrected chi connectivity index (χ3v) is 7.41. The smallest absolute Gasteiger partial charge is 0.306 e. The molecule has 0 amide bonds. The normalized spacial score (nSPS) is 12.3. The number of rotatable bonds is 28. The van der Waals surface area contributed by atoms with E-state index in [1.54, 1.807) is 0 Å². The monoisotopic (exact) mass is 466 g/mol. The molecule has 0 aliphatic heterocycles. The molecule has 0 aliphatic rings. The summed E-state index contributed by atoms with van der Waals surface area (Å²) in [5, 5.41) is 9.51. The molecule has 2 nitrogen and oxygen atoms in total. The molecule has 0 aromatic carbocycles. The highest BCUT2D eigenvalue weighted by Gasteiger charge is 2.16. The first-order valence-electron chi connectivity index (χ1n) is 15.4. The van der Waals surface area contributed by atoms with E-state index in [2.05, 4.69) is 13.8 Å². The lowest BCUT2D eigenvalue weighted by molar-refractivity contribution is -0.142. The van der Waals surface area contributed by atoms with Crippen LogP contribution in [-0.4, -0.2) is 11.1 Å². The van der Waals surface area contributed by atoms with E-state index in [0.29, 0.717) is 0 Å². The molecule has 0 radical (unpaired) electrons. The highest BCUT2D eigenvalue weighted by Crippen LogP contribution is 2.20. The summed E-state index contributed by atoms with van der Waals surface area (Å²) in [4.78, 5) is 11.5. The van der Waals surface area contributed by atoms with Crippen LogP contribution < -0.4 is 0 Å². The van der Waals surface area contributed by atoms with Gasteiger partial charge in [-0.25, -0.2) is 0 Å². The fourth-order valence-electron chi connectivity index (χ4n) is 5.03. The van der Waals surface area contributed by atoms with Gasteiger partial charge in [0.1, 0.15) is 0 Å². The van der Waals surface area contributed by atoms with E-state index in [1.807, 2.05) is 0 Å². The van der Waals surface area contributed by atoms with Crippen molar-refractivity contribution in [3.63, 3.8) is 0 Å².